The molecule has 0 radical (unpaired) electrons. The third-order valence-corrected chi connectivity index (χ3v) is 5.44. The second-order valence-electron chi connectivity index (χ2n) is 7.71. The number of nitrogens with one attached hydrogen (secondary N) is 1. The van der Waals surface area contributed by atoms with Gasteiger partial charge in [-0.15, -0.1) is 0 Å². The van der Waals surface area contributed by atoms with Gasteiger partial charge in [0.15, 0.2) is 5.76 Å². The Bertz CT molecular complexity index is 1310. The molecule has 1 heterocycles. The predicted octanol–water partition coefficient (Wildman–Crippen LogP) is 4.93. The lowest BCUT2D eigenvalue weighted by molar-refractivity contribution is -0.139. The lowest BCUT2D eigenvalue weighted by atomic mass is 10.00. The van der Waals surface area contributed by atoms with Gasteiger partial charge in [0.2, 0.25) is 0 Å². The van der Waals surface area contributed by atoms with Crippen LogP contribution in [-0.4, -0.2) is 36.7 Å². The summed E-state index contributed by atoms with van der Waals surface area (Å²) in [5.41, 5.74) is 3.21. The molecule has 0 aliphatic rings. The van der Waals surface area contributed by atoms with Crippen molar-refractivity contribution in [3.05, 3.63) is 84.1 Å². The number of carboxylic acid groups (broad SMARTS) is 1. The minimum atomic E-state index is -1.13. The molecule has 0 aliphatic carbocycles. The number of hydrogen-bond donors (Lipinski definition) is 2. The molecule has 0 fully saturated rings. The Morgan fingerprint density at radius 1 is 1.03 bits per heavy atom. The van der Waals surface area contributed by atoms with Crippen molar-refractivity contribution in [2.75, 3.05) is 13.7 Å². The normalized spacial score (nSPS) is 11.7. The number of amides is 1. The van der Waals surface area contributed by atoms with E-state index >= 15 is 0 Å². The molecule has 4 rings (SSSR count). The second kappa shape index (κ2) is 10.1. The van der Waals surface area contributed by atoms with Crippen LogP contribution in [-0.2, 0) is 11.2 Å². The zero-order chi connectivity index (χ0) is 24.1. The van der Waals surface area contributed by atoms with Gasteiger partial charge >= 0.3 is 5.97 Å². The number of fused-ring (bicyclic) bond motifs is 1. The molecule has 4 aromatic rings. The minimum absolute atomic E-state index is 0.0392. The summed E-state index contributed by atoms with van der Waals surface area (Å²) in [4.78, 5) is 24.6. The van der Waals surface area contributed by atoms with Crippen molar-refractivity contribution in [1.82, 2.24) is 5.32 Å². The fourth-order valence-electron chi connectivity index (χ4n) is 3.73. The van der Waals surface area contributed by atoms with Crippen molar-refractivity contribution in [3.63, 3.8) is 0 Å². The van der Waals surface area contributed by atoms with Crippen LogP contribution in [0.4, 0.5) is 0 Å². The number of carboxylic acids is 1. The van der Waals surface area contributed by atoms with E-state index in [1.54, 1.807) is 31.4 Å². The molecule has 1 aromatic heterocycles. The van der Waals surface area contributed by atoms with Crippen molar-refractivity contribution >= 4 is 22.8 Å². The lowest BCUT2D eigenvalue weighted by Gasteiger charge is -2.15. The van der Waals surface area contributed by atoms with E-state index in [4.69, 9.17) is 13.9 Å². The zero-order valence-corrected chi connectivity index (χ0v) is 18.9. The van der Waals surface area contributed by atoms with E-state index in [0.717, 1.165) is 22.4 Å². The van der Waals surface area contributed by atoms with Crippen LogP contribution in [0.3, 0.4) is 0 Å². The zero-order valence-electron chi connectivity index (χ0n) is 18.9. The van der Waals surface area contributed by atoms with E-state index in [9.17, 15) is 14.7 Å². The number of aliphatic carboxylic acids is 1. The maximum Gasteiger partial charge on any atom is 0.326 e. The monoisotopic (exact) mass is 459 g/mol. The number of rotatable bonds is 9. The number of methoxy groups -OCH3 is 1. The average Bonchev–Trinajstić information content (AvgIpc) is 3.28. The highest BCUT2D eigenvalue weighted by Crippen LogP contribution is 2.30. The summed E-state index contributed by atoms with van der Waals surface area (Å²) in [6.07, 6.45) is 0.127. The molecule has 34 heavy (non-hydrogen) atoms. The second-order valence-corrected chi connectivity index (χ2v) is 7.71. The number of para-hydroxylation sites is 1. The Labute approximate surface area is 196 Å². The molecule has 7 nitrogen and oxygen atoms in total. The summed E-state index contributed by atoms with van der Waals surface area (Å²) < 4.78 is 16.5. The van der Waals surface area contributed by atoms with E-state index in [0.29, 0.717) is 23.3 Å². The molecule has 3 aromatic carbocycles. The summed E-state index contributed by atoms with van der Waals surface area (Å²) in [5.74, 6) is -0.257. The highest BCUT2D eigenvalue weighted by atomic mass is 16.5. The fourth-order valence-corrected chi connectivity index (χ4v) is 3.73. The molecule has 2 N–H and O–H groups in total. The Hall–Kier alpha value is -4.26. The molecule has 0 saturated carbocycles. The largest absolute Gasteiger partial charge is 0.497 e. The smallest absolute Gasteiger partial charge is 0.326 e. The van der Waals surface area contributed by atoms with Crippen LogP contribution in [0.15, 0.2) is 77.2 Å². The van der Waals surface area contributed by atoms with Crippen molar-refractivity contribution < 1.29 is 28.6 Å². The van der Waals surface area contributed by atoms with Gasteiger partial charge in [0.1, 0.15) is 23.1 Å². The molecule has 174 valence electrons. The number of benzene rings is 3. The topological polar surface area (TPSA) is 98.0 Å². The highest BCUT2D eigenvalue weighted by Gasteiger charge is 2.23. The lowest BCUT2D eigenvalue weighted by Crippen LogP contribution is -2.42. The molecule has 1 atom stereocenters. The number of ether oxygens (including phenoxy) is 2. The Morgan fingerprint density at radius 2 is 1.79 bits per heavy atom. The quantitative estimate of drug-likeness (QED) is 0.368. The van der Waals surface area contributed by atoms with E-state index in [2.05, 4.69) is 5.32 Å². The van der Waals surface area contributed by atoms with Crippen molar-refractivity contribution in [3.8, 4) is 22.6 Å². The minimum Gasteiger partial charge on any atom is -0.497 e. The number of hydrogen-bond acceptors (Lipinski definition) is 5. The SMILES string of the molecule is CCOc1ccccc1-c1ccc(C[C@H](NC(=O)c2cc3cc(OC)ccc3o2)C(=O)O)cc1. The summed E-state index contributed by atoms with van der Waals surface area (Å²) in [5, 5.41) is 12.9. The van der Waals surface area contributed by atoms with Crippen LogP contribution in [0.25, 0.3) is 22.1 Å². The fraction of sp³-hybridized carbons (Fsp3) is 0.185. The first kappa shape index (κ1) is 22.9. The first-order valence-electron chi connectivity index (χ1n) is 10.9. The molecule has 7 heteroatoms. The molecular weight excluding hydrogens is 434 g/mol. The molecule has 0 spiro atoms. The van der Waals surface area contributed by atoms with Crippen molar-refractivity contribution in [2.45, 2.75) is 19.4 Å². The van der Waals surface area contributed by atoms with E-state index in [-0.39, 0.29) is 12.2 Å². The number of carbonyl (C=O) groups is 2. The third-order valence-electron chi connectivity index (χ3n) is 5.44. The molecule has 0 saturated heterocycles. The average molecular weight is 459 g/mol. The highest BCUT2D eigenvalue weighted by molar-refractivity contribution is 5.98. The molecule has 0 bridgehead atoms. The summed E-state index contributed by atoms with van der Waals surface area (Å²) in [7, 11) is 1.55. The van der Waals surface area contributed by atoms with E-state index in [1.807, 2.05) is 55.5 Å². The third kappa shape index (κ3) is 5.04. The van der Waals surface area contributed by atoms with Gasteiger partial charge in [0.25, 0.3) is 5.91 Å². The Balaban J connectivity index is 1.48. The van der Waals surface area contributed by atoms with Crippen LogP contribution >= 0.6 is 0 Å². The summed E-state index contributed by atoms with van der Waals surface area (Å²) in [6, 6.07) is 20.9. The van der Waals surface area contributed by atoms with Crippen LogP contribution in [0.5, 0.6) is 11.5 Å². The summed E-state index contributed by atoms with van der Waals surface area (Å²) >= 11 is 0. The van der Waals surface area contributed by atoms with Crippen LogP contribution in [0, 0.1) is 0 Å². The van der Waals surface area contributed by atoms with Gasteiger partial charge in [-0.3, -0.25) is 4.79 Å². The van der Waals surface area contributed by atoms with E-state index < -0.39 is 17.9 Å². The number of furan rings is 1. The van der Waals surface area contributed by atoms with Crippen LogP contribution in [0.1, 0.15) is 23.0 Å². The van der Waals surface area contributed by atoms with Gasteiger partial charge in [0.05, 0.1) is 13.7 Å². The molecular formula is C27H25NO6. The van der Waals surface area contributed by atoms with Gasteiger partial charge in [-0.1, -0.05) is 42.5 Å². The van der Waals surface area contributed by atoms with Gasteiger partial charge < -0.3 is 24.3 Å². The van der Waals surface area contributed by atoms with Crippen LogP contribution < -0.4 is 14.8 Å². The Morgan fingerprint density at radius 3 is 2.50 bits per heavy atom. The first-order valence-corrected chi connectivity index (χ1v) is 10.9. The Kier molecular flexibility index (Phi) is 6.82. The van der Waals surface area contributed by atoms with Crippen LogP contribution in [0.2, 0.25) is 0 Å². The number of carbonyl (C=O) groups excluding carboxylic acids is 1. The molecule has 0 aliphatic heterocycles. The predicted molar refractivity (Wildman–Crippen MR) is 128 cm³/mol. The maximum atomic E-state index is 12.7. The van der Waals surface area contributed by atoms with E-state index in [1.165, 1.54) is 0 Å². The molecule has 1 amide bonds. The van der Waals surface area contributed by atoms with Gasteiger partial charge in [0, 0.05) is 17.4 Å². The standard InChI is InChI=1S/C27H25NO6/c1-3-33-24-7-5-4-6-21(24)18-10-8-17(9-11-18)14-22(27(30)31)28-26(29)25-16-19-15-20(32-2)12-13-23(19)34-25/h4-13,15-16,22H,3,14H2,1-2H3,(H,28,29)(H,30,31)/t22-/m0/s1. The van der Waals surface area contributed by atoms with Crippen molar-refractivity contribution in [1.29, 1.82) is 0 Å². The first-order chi connectivity index (χ1) is 16.5. The van der Waals surface area contributed by atoms with Gasteiger partial charge in [-0.2, -0.15) is 0 Å². The maximum absolute atomic E-state index is 12.7. The molecule has 0 unspecified atom stereocenters. The van der Waals surface area contributed by atoms with Crippen molar-refractivity contribution in [2.24, 2.45) is 0 Å². The van der Waals surface area contributed by atoms with Gasteiger partial charge in [-0.05, 0) is 48.4 Å². The van der Waals surface area contributed by atoms with Gasteiger partial charge in [-0.25, -0.2) is 4.79 Å². The summed E-state index contributed by atoms with van der Waals surface area (Å²) in [6.45, 7) is 2.50.